The quantitative estimate of drug-likeness (QED) is 0.515. The predicted octanol–water partition coefficient (Wildman–Crippen LogP) is -0.453. The largest absolute Gasteiger partial charge is 0.370 e. The van der Waals surface area contributed by atoms with E-state index in [1.165, 1.54) is 32.7 Å². The number of piperazine rings is 3. The second-order valence-electron chi connectivity index (χ2n) is 5.49. The van der Waals surface area contributed by atoms with Crippen LogP contribution in [0.15, 0.2) is 4.99 Å². The zero-order chi connectivity index (χ0) is 12.3. The summed E-state index contributed by atoms with van der Waals surface area (Å²) in [6.45, 7) is 12.1. The van der Waals surface area contributed by atoms with Crippen LogP contribution in [0.2, 0.25) is 0 Å². The van der Waals surface area contributed by atoms with Crippen LogP contribution in [0.4, 0.5) is 0 Å². The molecule has 98 valence electrons. The minimum Gasteiger partial charge on any atom is -0.370 e. The van der Waals surface area contributed by atoms with Gasteiger partial charge in [0.2, 0.25) is 0 Å². The van der Waals surface area contributed by atoms with Crippen LogP contribution < -0.4 is 11.1 Å². The molecule has 3 fully saturated rings. The van der Waals surface area contributed by atoms with Crippen LogP contribution in [0.3, 0.4) is 0 Å². The molecule has 3 saturated heterocycles. The first kappa shape index (κ1) is 12.6. The van der Waals surface area contributed by atoms with Crippen molar-refractivity contribution >= 4 is 5.96 Å². The lowest BCUT2D eigenvalue weighted by Crippen LogP contribution is -2.63. The van der Waals surface area contributed by atoms with E-state index < -0.39 is 0 Å². The van der Waals surface area contributed by atoms with E-state index in [1.54, 1.807) is 0 Å². The maximum Gasteiger partial charge on any atom is 0.188 e. The van der Waals surface area contributed by atoms with E-state index in [2.05, 4.69) is 34.0 Å². The smallest absolute Gasteiger partial charge is 0.188 e. The topological polar surface area (TPSA) is 56.9 Å². The Morgan fingerprint density at radius 3 is 2.59 bits per heavy atom. The van der Waals surface area contributed by atoms with Gasteiger partial charge in [0.05, 0.1) is 0 Å². The first-order chi connectivity index (χ1) is 8.15. The number of nitrogens with two attached hydrogens (primary N) is 1. The van der Waals surface area contributed by atoms with E-state index in [1.807, 2.05) is 0 Å². The maximum atomic E-state index is 5.84. The molecule has 0 aromatic heterocycles. The summed E-state index contributed by atoms with van der Waals surface area (Å²) in [5.74, 6) is 1.16. The second kappa shape index (κ2) is 5.69. The van der Waals surface area contributed by atoms with Crippen LogP contribution in [-0.4, -0.2) is 67.6 Å². The van der Waals surface area contributed by atoms with Crippen molar-refractivity contribution in [2.24, 2.45) is 16.6 Å². The summed E-state index contributed by atoms with van der Waals surface area (Å²) >= 11 is 0. The first-order valence-corrected chi connectivity index (χ1v) is 6.65. The van der Waals surface area contributed by atoms with Gasteiger partial charge in [-0.05, 0) is 5.92 Å². The fraction of sp³-hybridized carbons (Fsp3) is 0.917. The van der Waals surface area contributed by atoms with Gasteiger partial charge < -0.3 is 11.1 Å². The molecule has 5 heteroatoms. The zero-order valence-corrected chi connectivity index (χ0v) is 11.0. The highest BCUT2D eigenvalue weighted by atomic mass is 15.4. The summed E-state index contributed by atoms with van der Waals surface area (Å²) in [6.07, 6.45) is 0. The Hall–Kier alpha value is -0.810. The number of nitrogens with zero attached hydrogens (tertiary/aromatic N) is 3. The van der Waals surface area contributed by atoms with Crippen molar-refractivity contribution in [3.8, 4) is 0 Å². The maximum absolute atomic E-state index is 5.84. The highest BCUT2D eigenvalue weighted by Crippen LogP contribution is 2.14. The molecule has 0 aromatic rings. The van der Waals surface area contributed by atoms with Gasteiger partial charge in [0.15, 0.2) is 5.96 Å². The van der Waals surface area contributed by atoms with E-state index in [4.69, 9.17) is 5.73 Å². The van der Waals surface area contributed by atoms with Crippen molar-refractivity contribution < 1.29 is 0 Å². The third-order valence-corrected chi connectivity index (χ3v) is 3.54. The molecule has 3 aliphatic heterocycles. The number of nitrogens with one attached hydrogen (secondary N) is 1. The van der Waals surface area contributed by atoms with Gasteiger partial charge in [0, 0.05) is 51.9 Å². The Balaban J connectivity index is 1.73. The molecule has 3 rings (SSSR count). The SMILES string of the molecule is CC(C)CN=C(N)NCC1CN2CCN1CC2. The van der Waals surface area contributed by atoms with Gasteiger partial charge in [-0.2, -0.15) is 0 Å². The van der Waals surface area contributed by atoms with E-state index in [-0.39, 0.29) is 0 Å². The lowest BCUT2D eigenvalue weighted by Gasteiger charge is -2.47. The molecule has 0 radical (unpaired) electrons. The molecular formula is C12H25N5. The fourth-order valence-electron chi connectivity index (χ4n) is 2.48. The first-order valence-electron chi connectivity index (χ1n) is 6.65. The van der Waals surface area contributed by atoms with Gasteiger partial charge in [0.1, 0.15) is 0 Å². The van der Waals surface area contributed by atoms with Gasteiger partial charge >= 0.3 is 0 Å². The van der Waals surface area contributed by atoms with Gasteiger partial charge in [-0.15, -0.1) is 0 Å². The summed E-state index contributed by atoms with van der Waals surface area (Å²) in [7, 11) is 0. The summed E-state index contributed by atoms with van der Waals surface area (Å²) in [6, 6.07) is 0.602. The van der Waals surface area contributed by atoms with Crippen LogP contribution in [0, 0.1) is 5.92 Å². The number of guanidine groups is 1. The molecule has 3 aliphatic rings. The average Bonchev–Trinajstić information content (AvgIpc) is 2.35. The van der Waals surface area contributed by atoms with E-state index in [0.717, 1.165) is 13.1 Å². The number of fused-ring (bicyclic) bond motifs is 3. The molecule has 1 unspecified atom stereocenters. The molecular weight excluding hydrogens is 214 g/mol. The molecule has 2 bridgehead atoms. The highest BCUT2D eigenvalue weighted by molar-refractivity contribution is 5.77. The highest BCUT2D eigenvalue weighted by Gasteiger charge is 2.31. The Morgan fingerprint density at radius 2 is 2.06 bits per heavy atom. The van der Waals surface area contributed by atoms with Crippen molar-refractivity contribution in [3.05, 3.63) is 0 Å². The molecule has 3 N–H and O–H groups in total. The normalized spacial score (nSPS) is 33.1. The van der Waals surface area contributed by atoms with Crippen molar-refractivity contribution in [1.29, 1.82) is 0 Å². The summed E-state index contributed by atoms with van der Waals surface area (Å²) in [5, 5.41) is 3.25. The lowest BCUT2D eigenvalue weighted by molar-refractivity contribution is 0.0154. The third kappa shape index (κ3) is 3.57. The molecule has 3 heterocycles. The third-order valence-electron chi connectivity index (χ3n) is 3.54. The average molecular weight is 239 g/mol. The monoisotopic (exact) mass is 239 g/mol. The van der Waals surface area contributed by atoms with Crippen LogP contribution in [0.25, 0.3) is 0 Å². The van der Waals surface area contributed by atoms with Crippen LogP contribution in [0.5, 0.6) is 0 Å². The van der Waals surface area contributed by atoms with Crippen LogP contribution in [0.1, 0.15) is 13.8 Å². The summed E-state index contributed by atoms with van der Waals surface area (Å²) in [5.41, 5.74) is 5.84. The van der Waals surface area contributed by atoms with Crippen molar-refractivity contribution in [3.63, 3.8) is 0 Å². The summed E-state index contributed by atoms with van der Waals surface area (Å²) in [4.78, 5) is 9.42. The molecule has 0 aromatic carbocycles. The van der Waals surface area contributed by atoms with Gasteiger partial charge in [-0.1, -0.05) is 13.8 Å². The molecule has 0 amide bonds. The van der Waals surface area contributed by atoms with Gasteiger partial charge in [-0.25, -0.2) is 0 Å². The minimum atomic E-state index is 0.566. The fourth-order valence-corrected chi connectivity index (χ4v) is 2.48. The number of hydrogen-bond acceptors (Lipinski definition) is 3. The molecule has 0 saturated carbocycles. The molecule has 5 nitrogen and oxygen atoms in total. The molecule has 1 atom stereocenters. The van der Waals surface area contributed by atoms with Gasteiger partial charge in [0.25, 0.3) is 0 Å². The van der Waals surface area contributed by atoms with Gasteiger partial charge in [-0.3, -0.25) is 14.8 Å². The predicted molar refractivity (Wildman–Crippen MR) is 71.1 cm³/mol. The van der Waals surface area contributed by atoms with Crippen LogP contribution >= 0.6 is 0 Å². The summed E-state index contributed by atoms with van der Waals surface area (Å²) < 4.78 is 0. The van der Waals surface area contributed by atoms with E-state index in [0.29, 0.717) is 17.9 Å². The van der Waals surface area contributed by atoms with Crippen molar-refractivity contribution in [2.75, 3.05) is 45.8 Å². The van der Waals surface area contributed by atoms with E-state index >= 15 is 0 Å². The Labute approximate surface area is 104 Å². The van der Waals surface area contributed by atoms with E-state index in [9.17, 15) is 0 Å². The molecule has 0 aliphatic carbocycles. The van der Waals surface area contributed by atoms with Crippen LogP contribution in [-0.2, 0) is 0 Å². The Kier molecular flexibility index (Phi) is 4.23. The van der Waals surface area contributed by atoms with Crippen molar-refractivity contribution in [1.82, 2.24) is 15.1 Å². The molecule has 0 spiro atoms. The zero-order valence-electron chi connectivity index (χ0n) is 11.0. The lowest BCUT2D eigenvalue weighted by atomic mass is 10.1. The van der Waals surface area contributed by atoms with Crippen molar-refractivity contribution in [2.45, 2.75) is 19.9 Å². The number of aliphatic imine (C=N–C) groups is 1. The number of rotatable bonds is 4. The standard InChI is InChI=1S/C12H25N5/c1-10(2)7-14-12(13)15-8-11-9-16-3-5-17(11)6-4-16/h10-11H,3-9H2,1-2H3,(H3,13,14,15). The number of hydrogen-bond donors (Lipinski definition) is 2. The second-order valence-corrected chi connectivity index (χ2v) is 5.49. The Bertz CT molecular complexity index is 268. The minimum absolute atomic E-state index is 0.566. The Morgan fingerprint density at radius 1 is 1.35 bits per heavy atom. The molecule has 17 heavy (non-hydrogen) atoms.